The third-order valence-electron chi connectivity index (χ3n) is 7.89. The Balaban J connectivity index is 1.43. The second-order valence-electron chi connectivity index (χ2n) is 10.5. The van der Waals surface area contributed by atoms with Gasteiger partial charge in [-0.05, 0) is 67.1 Å². The zero-order chi connectivity index (χ0) is 29.5. The standard InChI is InChI=1S/C32H29ClN6O3/c1-18-21(4-3-5-25(18)37-31(41)26-11-7-20(33)17-35-26)22-9-10-24(30(34)40)29-28(22)23-8-6-19(16-27(23)36-29)32(42)39-14-12-38(2)13-15-39/h3-11,16-17,36H,12-15H2,1-2H3,(H2,34,40)(H,37,41). The molecule has 0 saturated carbocycles. The first-order valence-corrected chi connectivity index (χ1v) is 14.0. The molecular formula is C32H29ClN6O3. The van der Waals surface area contributed by atoms with Crippen molar-refractivity contribution in [2.45, 2.75) is 6.92 Å². The van der Waals surface area contributed by atoms with Crippen molar-refractivity contribution in [2.24, 2.45) is 5.73 Å². The van der Waals surface area contributed by atoms with Gasteiger partial charge in [0.15, 0.2) is 0 Å². The Bertz CT molecular complexity index is 1870. The van der Waals surface area contributed by atoms with Gasteiger partial charge in [0.1, 0.15) is 5.69 Å². The van der Waals surface area contributed by atoms with Crippen LogP contribution in [0.15, 0.2) is 66.9 Å². The van der Waals surface area contributed by atoms with E-state index in [9.17, 15) is 14.4 Å². The molecule has 10 heteroatoms. The fourth-order valence-electron chi connectivity index (χ4n) is 5.53. The summed E-state index contributed by atoms with van der Waals surface area (Å²) >= 11 is 5.92. The highest BCUT2D eigenvalue weighted by molar-refractivity contribution is 6.30. The normalized spacial score (nSPS) is 13.9. The number of aromatic nitrogens is 2. The van der Waals surface area contributed by atoms with Crippen molar-refractivity contribution in [2.75, 3.05) is 38.5 Å². The van der Waals surface area contributed by atoms with E-state index in [1.54, 1.807) is 18.2 Å². The number of nitrogens with zero attached hydrogens (tertiary/aromatic N) is 3. The second kappa shape index (κ2) is 10.9. The number of H-pyrrole nitrogens is 1. The first-order valence-electron chi connectivity index (χ1n) is 13.6. The monoisotopic (exact) mass is 580 g/mol. The molecule has 1 fully saturated rings. The predicted molar refractivity (Wildman–Crippen MR) is 165 cm³/mol. The topological polar surface area (TPSA) is 124 Å². The van der Waals surface area contributed by atoms with E-state index in [-0.39, 0.29) is 17.5 Å². The van der Waals surface area contributed by atoms with Crippen molar-refractivity contribution in [3.05, 3.63) is 94.3 Å². The molecule has 0 unspecified atom stereocenters. The summed E-state index contributed by atoms with van der Waals surface area (Å²) in [5.74, 6) is -0.931. The summed E-state index contributed by atoms with van der Waals surface area (Å²) in [4.78, 5) is 50.2. The summed E-state index contributed by atoms with van der Waals surface area (Å²) in [7, 11) is 2.05. The molecule has 1 aliphatic heterocycles. The molecule has 0 radical (unpaired) electrons. The summed E-state index contributed by atoms with van der Waals surface area (Å²) in [5.41, 5.74) is 11.5. The average molecular weight is 581 g/mol. The lowest BCUT2D eigenvalue weighted by molar-refractivity contribution is 0.0664. The predicted octanol–water partition coefficient (Wildman–Crippen LogP) is 5.08. The van der Waals surface area contributed by atoms with Gasteiger partial charge >= 0.3 is 0 Å². The highest BCUT2D eigenvalue weighted by Gasteiger charge is 2.23. The number of amides is 3. The number of anilines is 1. The van der Waals surface area contributed by atoms with Crippen LogP contribution in [0.5, 0.6) is 0 Å². The van der Waals surface area contributed by atoms with Crippen LogP contribution in [0.4, 0.5) is 5.69 Å². The number of primary amides is 1. The van der Waals surface area contributed by atoms with Crippen molar-refractivity contribution in [3.63, 3.8) is 0 Å². The fraction of sp³-hybridized carbons (Fsp3) is 0.188. The summed E-state index contributed by atoms with van der Waals surface area (Å²) in [6.07, 6.45) is 1.43. The first-order chi connectivity index (χ1) is 20.2. The molecule has 3 aromatic carbocycles. The Morgan fingerprint density at radius 2 is 1.76 bits per heavy atom. The van der Waals surface area contributed by atoms with E-state index in [0.29, 0.717) is 40.4 Å². The number of pyridine rings is 1. The number of aromatic amines is 1. The number of benzene rings is 3. The van der Waals surface area contributed by atoms with Crippen LogP contribution < -0.4 is 11.1 Å². The van der Waals surface area contributed by atoms with E-state index in [0.717, 1.165) is 46.1 Å². The maximum absolute atomic E-state index is 13.3. The molecule has 1 saturated heterocycles. The Labute approximate surface area is 247 Å². The zero-order valence-corrected chi connectivity index (χ0v) is 24.0. The number of likely N-dealkylation sites (N-methyl/N-ethyl adjacent to an activating group) is 1. The number of fused-ring (bicyclic) bond motifs is 3. The average Bonchev–Trinajstić information content (AvgIpc) is 3.37. The van der Waals surface area contributed by atoms with Crippen LogP contribution in [0, 0.1) is 6.92 Å². The third kappa shape index (κ3) is 4.97. The van der Waals surface area contributed by atoms with Gasteiger partial charge in [-0.25, -0.2) is 4.98 Å². The molecule has 4 N–H and O–H groups in total. The SMILES string of the molecule is Cc1c(NC(=O)c2ccc(Cl)cn2)cccc1-c1ccc(C(N)=O)c2[nH]c3cc(C(=O)N4CCN(C)CC4)ccc3c12. The molecule has 0 aliphatic carbocycles. The minimum absolute atomic E-state index is 0.0199. The summed E-state index contributed by atoms with van der Waals surface area (Å²) in [6.45, 7) is 4.95. The number of nitrogens with one attached hydrogen (secondary N) is 2. The van der Waals surface area contributed by atoms with Gasteiger partial charge in [0, 0.05) is 59.9 Å². The Morgan fingerprint density at radius 1 is 0.976 bits per heavy atom. The lowest BCUT2D eigenvalue weighted by Gasteiger charge is -2.32. The van der Waals surface area contributed by atoms with E-state index >= 15 is 0 Å². The number of nitrogens with two attached hydrogens (primary N) is 1. The molecule has 6 rings (SSSR count). The smallest absolute Gasteiger partial charge is 0.274 e. The van der Waals surface area contributed by atoms with Crippen LogP contribution >= 0.6 is 11.6 Å². The van der Waals surface area contributed by atoms with Crippen molar-refractivity contribution >= 4 is 56.8 Å². The van der Waals surface area contributed by atoms with Gasteiger partial charge in [-0.3, -0.25) is 14.4 Å². The van der Waals surface area contributed by atoms with Gasteiger partial charge in [-0.15, -0.1) is 0 Å². The van der Waals surface area contributed by atoms with Gasteiger partial charge in [0.25, 0.3) is 17.7 Å². The van der Waals surface area contributed by atoms with E-state index in [4.69, 9.17) is 17.3 Å². The lowest BCUT2D eigenvalue weighted by atomic mass is 9.93. The van der Waals surface area contributed by atoms with Crippen LogP contribution in [0.2, 0.25) is 5.02 Å². The Hall–Kier alpha value is -4.73. The number of carbonyl (C=O) groups is 3. The van der Waals surface area contributed by atoms with E-state index in [1.807, 2.05) is 54.3 Å². The van der Waals surface area contributed by atoms with E-state index in [1.165, 1.54) is 6.20 Å². The molecule has 3 heterocycles. The van der Waals surface area contributed by atoms with Crippen LogP contribution in [0.1, 0.15) is 36.8 Å². The highest BCUT2D eigenvalue weighted by Crippen LogP contribution is 2.39. The molecule has 0 bridgehead atoms. The largest absolute Gasteiger partial charge is 0.366 e. The molecule has 212 valence electrons. The number of halogens is 1. The van der Waals surface area contributed by atoms with Crippen molar-refractivity contribution in [3.8, 4) is 11.1 Å². The number of carbonyl (C=O) groups excluding carboxylic acids is 3. The Morgan fingerprint density at radius 3 is 2.48 bits per heavy atom. The molecule has 1 aliphatic rings. The third-order valence-corrected chi connectivity index (χ3v) is 8.11. The summed E-state index contributed by atoms with van der Waals surface area (Å²) in [5, 5.41) is 5.06. The number of hydrogen-bond donors (Lipinski definition) is 3. The first kappa shape index (κ1) is 27.4. The summed E-state index contributed by atoms with van der Waals surface area (Å²) in [6, 6.07) is 18.0. The van der Waals surface area contributed by atoms with Gasteiger partial charge in [0.05, 0.1) is 16.1 Å². The van der Waals surface area contributed by atoms with Gasteiger partial charge < -0.3 is 25.8 Å². The quantitative estimate of drug-likeness (QED) is 0.267. The molecule has 0 spiro atoms. The van der Waals surface area contributed by atoms with Crippen molar-refractivity contribution in [1.82, 2.24) is 19.8 Å². The van der Waals surface area contributed by atoms with E-state index < -0.39 is 5.91 Å². The molecule has 0 atom stereocenters. The molecule has 3 amide bonds. The van der Waals surface area contributed by atoms with Gasteiger partial charge in [0.2, 0.25) is 0 Å². The fourth-order valence-corrected chi connectivity index (χ4v) is 5.64. The lowest BCUT2D eigenvalue weighted by Crippen LogP contribution is -2.47. The highest BCUT2D eigenvalue weighted by atomic mass is 35.5. The molecule has 5 aromatic rings. The molecule has 9 nitrogen and oxygen atoms in total. The summed E-state index contributed by atoms with van der Waals surface area (Å²) < 4.78 is 0. The van der Waals surface area contributed by atoms with Crippen LogP contribution in [-0.2, 0) is 0 Å². The number of hydrogen-bond acceptors (Lipinski definition) is 5. The van der Waals surface area contributed by atoms with Crippen LogP contribution in [-0.4, -0.2) is 70.7 Å². The molecule has 42 heavy (non-hydrogen) atoms. The number of rotatable bonds is 5. The second-order valence-corrected chi connectivity index (χ2v) is 11.0. The molecular weight excluding hydrogens is 552 g/mol. The van der Waals surface area contributed by atoms with Crippen LogP contribution in [0.25, 0.3) is 32.9 Å². The van der Waals surface area contributed by atoms with E-state index in [2.05, 4.69) is 27.2 Å². The number of piperazine rings is 1. The Kier molecular flexibility index (Phi) is 7.14. The minimum atomic E-state index is -0.556. The van der Waals surface area contributed by atoms with Crippen molar-refractivity contribution < 1.29 is 14.4 Å². The maximum atomic E-state index is 13.3. The zero-order valence-electron chi connectivity index (χ0n) is 23.2. The van der Waals surface area contributed by atoms with Gasteiger partial charge in [-0.1, -0.05) is 35.9 Å². The van der Waals surface area contributed by atoms with Crippen LogP contribution in [0.3, 0.4) is 0 Å². The maximum Gasteiger partial charge on any atom is 0.274 e. The van der Waals surface area contributed by atoms with Crippen molar-refractivity contribution in [1.29, 1.82) is 0 Å². The molecule has 2 aromatic heterocycles. The minimum Gasteiger partial charge on any atom is -0.366 e. The van der Waals surface area contributed by atoms with Gasteiger partial charge in [-0.2, -0.15) is 0 Å².